The zero-order chi connectivity index (χ0) is 12.4. The van der Waals surface area contributed by atoms with Gasteiger partial charge >= 0.3 is 0 Å². The summed E-state index contributed by atoms with van der Waals surface area (Å²) >= 11 is 0. The van der Waals surface area contributed by atoms with E-state index in [0.29, 0.717) is 6.04 Å². The molecule has 3 nitrogen and oxygen atoms in total. The molecule has 2 aliphatic heterocycles. The van der Waals surface area contributed by atoms with Crippen LogP contribution >= 0.6 is 0 Å². The fraction of sp³-hybridized carbons (Fsp3) is 1.00. The van der Waals surface area contributed by atoms with Gasteiger partial charge in [-0.3, -0.25) is 4.90 Å². The van der Waals surface area contributed by atoms with Crippen LogP contribution in [0, 0.1) is 0 Å². The smallest absolute Gasteiger partial charge is 0.0697 e. The molecule has 0 radical (unpaired) electrons. The first-order chi connectivity index (χ1) is 8.81. The first kappa shape index (κ1) is 12.9. The van der Waals surface area contributed by atoms with E-state index in [-0.39, 0.29) is 5.60 Å². The van der Waals surface area contributed by atoms with E-state index in [1.807, 2.05) is 0 Å². The van der Waals surface area contributed by atoms with Gasteiger partial charge in [-0.05, 0) is 58.0 Å². The summed E-state index contributed by atoms with van der Waals surface area (Å²) in [5.74, 6) is 0. The summed E-state index contributed by atoms with van der Waals surface area (Å²) in [4.78, 5) is 2.63. The predicted octanol–water partition coefficient (Wildman–Crippen LogP) is 2.16. The highest BCUT2D eigenvalue weighted by Crippen LogP contribution is 2.42. The van der Waals surface area contributed by atoms with Crippen molar-refractivity contribution in [3.63, 3.8) is 0 Å². The third-order valence-electron chi connectivity index (χ3n) is 5.31. The highest BCUT2D eigenvalue weighted by Gasteiger charge is 2.42. The Morgan fingerprint density at radius 3 is 2.89 bits per heavy atom. The van der Waals surface area contributed by atoms with Crippen LogP contribution in [-0.2, 0) is 4.74 Å². The van der Waals surface area contributed by atoms with Gasteiger partial charge in [0, 0.05) is 25.2 Å². The summed E-state index contributed by atoms with van der Waals surface area (Å²) in [6, 6.07) is 1.49. The van der Waals surface area contributed by atoms with E-state index in [9.17, 15) is 0 Å². The van der Waals surface area contributed by atoms with Gasteiger partial charge in [0.25, 0.3) is 0 Å². The normalized spacial score (nSPS) is 35.8. The van der Waals surface area contributed by atoms with Gasteiger partial charge in [-0.25, -0.2) is 0 Å². The van der Waals surface area contributed by atoms with E-state index >= 15 is 0 Å². The molecule has 2 heterocycles. The number of rotatable bonds is 4. The molecule has 0 aromatic heterocycles. The molecule has 1 aliphatic carbocycles. The standard InChI is InChI=1S/C15H28N2O/c1-2-17-9-3-5-14(17)12-16-13-6-10-18-15(11-13)7-4-8-15/h13-14,16H,2-12H2,1H3. The minimum absolute atomic E-state index is 0.288. The molecule has 1 N–H and O–H groups in total. The largest absolute Gasteiger partial charge is 0.375 e. The number of ether oxygens (including phenoxy) is 1. The molecular weight excluding hydrogens is 224 g/mol. The molecule has 0 bridgehead atoms. The van der Waals surface area contributed by atoms with E-state index in [2.05, 4.69) is 17.1 Å². The monoisotopic (exact) mass is 252 g/mol. The summed E-state index contributed by atoms with van der Waals surface area (Å²) < 4.78 is 6.00. The lowest BCUT2D eigenvalue weighted by atomic mass is 9.74. The second-order valence-corrected chi connectivity index (χ2v) is 6.41. The summed E-state index contributed by atoms with van der Waals surface area (Å²) in [6.45, 7) is 6.97. The SMILES string of the molecule is CCN1CCCC1CNC1CCOC2(CCC2)C1. The molecule has 2 unspecified atom stereocenters. The van der Waals surface area contributed by atoms with Crippen LogP contribution in [0.1, 0.15) is 51.9 Å². The Bertz CT molecular complexity index is 278. The molecule has 3 aliphatic rings. The van der Waals surface area contributed by atoms with Crippen molar-refractivity contribution in [1.29, 1.82) is 0 Å². The van der Waals surface area contributed by atoms with Crippen LogP contribution in [0.25, 0.3) is 0 Å². The van der Waals surface area contributed by atoms with Crippen molar-refractivity contribution in [2.75, 3.05) is 26.2 Å². The lowest BCUT2D eigenvalue weighted by Crippen LogP contribution is -2.52. The Hall–Kier alpha value is -0.120. The van der Waals surface area contributed by atoms with E-state index in [1.165, 1.54) is 64.6 Å². The number of nitrogens with zero attached hydrogens (tertiary/aromatic N) is 1. The van der Waals surface area contributed by atoms with Gasteiger partial charge in [-0.1, -0.05) is 6.92 Å². The summed E-state index contributed by atoms with van der Waals surface area (Å²) in [5.41, 5.74) is 0.288. The lowest BCUT2D eigenvalue weighted by Gasteiger charge is -2.47. The summed E-state index contributed by atoms with van der Waals surface area (Å²) in [5, 5.41) is 3.83. The molecule has 0 aromatic rings. The fourth-order valence-electron chi connectivity index (χ4n) is 3.97. The highest BCUT2D eigenvalue weighted by molar-refractivity contribution is 4.96. The number of hydrogen-bond donors (Lipinski definition) is 1. The van der Waals surface area contributed by atoms with Crippen molar-refractivity contribution in [3.8, 4) is 0 Å². The molecule has 18 heavy (non-hydrogen) atoms. The topological polar surface area (TPSA) is 24.5 Å². The van der Waals surface area contributed by atoms with Crippen molar-refractivity contribution >= 4 is 0 Å². The highest BCUT2D eigenvalue weighted by atomic mass is 16.5. The molecule has 104 valence electrons. The molecule has 2 saturated heterocycles. The summed E-state index contributed by atoms with van der Waals surface area (Å²) in [7, 11) is 0. The number of likely N-dealkylation sites (tertiary alicyclic amines) is 1. The van der Waals surface area contributed by atoms with E-state index in [1.54, 1.807) is 0 Å². The van der Waals surface area contributed by atoms with E-state index in [4.69, 9.17) is 4.74 Å². The maximum Gasteiger partial charge on any atom is 0.0697 e. The first-order valence-corrected chi connectivity index (χ1v) is 7.93. The van der Waals surface area contributed by atoms with Crippen molar-refractivity contribution < 1.29 is 4.74 Å². The van der Waals surface area contributed by atoms with Gasteiger partial charge in [-0.15, -0.1) is 0 Å². The zero-order valence-corrected chi connectivity index (χ0v) is 11.8. The molecule has 3 fully saturated rings. The molecule has 0 aromatic carbocycles. The van der Waals surface area contributed by atoms with Gasteiger partial charge in [0.2, 0.25) is 0 Å². The third kappa shape index (κ3) is 2.59. The van der Waals surface area contributed by atoms with Gasteiger partial charge < -0.3 is 10.1 Å². The Balaban J connectivity index is 1.45. The molecule has 2 atom stereocenters. The zero-order valence-electron chi connectivity index (χ0n) is 11.8. The van der Waals surface area contributed by atoms with Crippen molar-refractivity contribution in [2.24, 2.45) is 0 Å². The van der Waals surface area contributed by atoms with Crippen molar-refractivity contribution in [1.82, 2.24) is 10.2 Å². The van der Waals surface area contributed by atoms with Gasteiger partial charge in [0.05, 0.1) is 5.60 Å². The van der Waals surface area contributed by atoms with Crippen LogP contribution in [-0.4, -0.2) is 48.8 Å². The second-order valence-electron chi connectivity index (χ2n) is 6.41. The molecule has 1 spiro atoms. The maximum absolute atomic E-state index is 6.00. The van der Waals surface area contributed by atoms with Crippen molar-refractivity contribution in [3.05, 3.63) is 0 Å². The Morgan fingerprint density at radius 1 is 1.28 bits per heavy atom. The molecule has 3 heteroatoms. The Labute approximate surface area is 111 Å². The lowest BCUT2D eigenvalue weighted by molar-refractivity contribution is -0.135. The molecule has 1 saturated carbocycles. The number of likely N-dealkylation sites (N-methyl/N-ethyl adjacent to an activating group) is 1. The quantitative estimate of drug-likeness (QED) is 0.830. The molecule has 3 rings (SSSR count). The van der Waals surface area contributed by atoms with Crippen LogP contribution < -0.4 is 5.32 Å². The molecule has 0 amide bonds. The Kier molecular flexibility index (Phi) is 3.92. The average Bonchev–Trinajstić information content (AvgIpc) is 2.82. The first-order valence-electron chi connectivity index (χ1n) is 7.93. The predicted molar refractivity (Wildman–Crippen MR) is 73.8 cm³/mol. The van der Waals surface area contributed by atoms with Crippen LogP contribution in [0.15, 0.2) is 0 Å². The average molecular weight is 252 g/mol. The Morgan fingerprint density at radius 2 is 2.17 bits per heavy atom. The van der Waals surface area contributed by atoms with Gasteiger partial charge in [-0.2, -0.15) is 0 Å². The minimum atomic E-state index is 0.288. The van der Waals surface area contributed by atoms with Crippen LogP contribution in [0.2, 0.25) is 0 Å². The van der Waals surface area contributed by atoms with Gasteiger partial charge in [0.1, 0.15) is 0 Å². The summed E-state index contributed by atoms with van der Waals surface area (Å²) in [6.07, 6.45) is 9.21. The van der Waals surface area contributed by atoms with Crippen molar-refractivity contribution in [2.45, 2.75) is 69.6 Å². The van der Waals surface area contributed by atoms with Gasteiger partial charge in [0.15, 0.2) is 0 Å². The van der Waals surface area contributed by atoms with Crippen LogP contribution in [0.3, 0.4) is 0 Å². The minimum Gasteiger partial charge on any atom is -0.375 e. The maximum atomic E-state index is 6.00. The van der Waals surface area contributed by atoms with Crippen LogP contribution in [0.5, 0.6) is 0 Å². The van der Waals surface area contributed by atoms with E-state index < -0.39 is 0 Å². The van der Waals surface area contributed by atoms with E-state index in [0.717, 1.165) is 12.6 Å². The fourth-order valence-corrected chi connectivity index (χ4v) is 3.97. The number of nitrogens with one attached hydrogen (secondary N) is 1. The molecular formula is C15H28N2O. The third-order valence-corrected chi connectivity index (χ3v) is 5.31. The second kappa shape index (κ2) is 5.48. The van der Waals surface area contributed by atoms with Crippen LogP contribution in [0.4, 0.5) is 0 Å². The number of hydrogen-bond acceptors (Lipinski definition) is 3.